The van der Waals surface area contributed by atoms with Gasteiger partial charge in [0.2, 0.25) is 11.9 Å². The van der Waals surface area contributed by atoms with Crippen LogP contribution < -0.4 is 16.2 Å². The van der Waals surface area contributed by atoms with Gasteiger partial charge in [-0.3, -0.25) is 4.84 Å². The Balaban J connectivity index is 0.00000261. The Bertz CT molecular complexity index is 713. The standard InChI is InChI=1S/C16H21Cl2N5O2S.ClH/c17-12-3-2-11(10-13(12)18)24-6-1-7-25-23-15(20)21-14(19)22-16(23)4-8-26-9-5-16;/h2-3,10H,1,4-9H2,(H4,19,20,21,22);1H. The molecule has 0 aromatic heterocycles. The first-order valence-electron chi connectivity index (χ1n) is 8.28. The first-order valence-corrected chi connectivity index (χ1v) is 10.2. The molecule has 0 saturated carbocycles. The summed E-state index contributed by atoms with van der Waals surface area (Å²) in [4.78, 5) is 14.5. The molecule has 1 fully saturated rings. The third-order valence-electron chi connectivity index (χ3n) is 4.10. The van der Waals surface area contributed by atoms with Crippen LogP contribution in [-0.2, 0) is 4.84 Å². The summed E-state index contributed by atoms with van der Waals surface area (Å²) < 4.78 is 5.66. The molecule has 1 aromatic carbocycles. The van der Waals surface area contributed by atoms with Crippen LogP contribution in [0.5, 0.6) is 5.75 Å². The van der Waals surface area contributed by atoms with Gasteiger partial charge in [-0.05, 0) is 23.6 Å². The Kier molecular flexibility index (Phi) is 8.18. The van der Waals surface area contributed by atoms with Gasteiger partial charge in [0.25, 0.3) is 0 Å². The van der Waals surface area contributed by atoms with Crippen LogP contribution in [0.4, 0.5) is 0 Å². The van der Waals surface area contributed by atoms with Crippen molar-refractivity contribution in [1.29, 1.82) is 0 Å². The molecular formula is C16H22Cl3N5O2S. The molecule has 0 amide bonds. The van der Waals surface area contributed by atoms with E-state index in [-0.39, 0.29) is 24.3 Å². The molecule has 0 atom stereocenters. The lowest BCUT2D eigenvalue weighted by Crippen LogP contribution is -2.58. The molecule has 7 nitrogen and oxygen atoms in total. The molecule has 2 heterocycles. The molecule has 1 saturated heterocycles. The highest BCUT2D eigenvalue weighted by Gasteiger charge is 2.43. The van der Waals surface area contributed by atoms with E-state index in [1.165, 1.54) is 0 Å². The molecule has 0 unspecified atom stereocenters. The van der Waals surface area contributed by atoms with Gasteiger partial charge in [-0.15, -0.1) is 12.4 Å². The summed E-state index contributed by atoms with van der Waals surface area (Å²) in [5.41, 5.74) is 11.3. The second-order valence-electron chi connectivity index (χ2n) is 5.94. The molecule has 3 rings (SSSR count). The van der Waals surface area contributed by atoms with Crippen molar-refractivity contribution in [2.45, 2.75) is 24.9 Å². The SMILES string of the molecule is Cl.NC1=NC2(CCSCC2)N(OCCCOc2ccc(Cl)c(Cl)c2)C(N)=N1. The van der Waals surface area contributed by atoms with Crippen molar-refractivity contribution in [3.63, 3.8) is 0 Å². The summed E-state index contributed by atoms with van der Waals surface area (Å²) in [5, 5.41) is 2.57. The molecule has 2 aliphatic heterocycles. The number of nitrogens with zero attached hydrogens (tertiary/aromatic N) is 3. The third kappa shape index (κ3) is 5.48. The molecule has 4 N–H and O–H groups in total. The van der Waals surface area contributed by atoms with E-state index in [1.54, 1.807) is 23.3 Å². The minimum atomic E-state index is -0.550. The van der Waals surface area contributed by atoms with E-state index in [2.05, 4.69) is 9.98 Å². The molecule has 0 radical (unpaired) electrons. The molecule has 1 aromatic rings. The summed E-state index contributed by atoms with van der Waals surface area (Å²) in [6.45, 7) is 0.888. The van der Waals surface area contributed by atoms with Crippen molar-refractivity contribution in [3.05, 3.63) is 28.2 Å². The largest absolute Gasteiger partial charge is 0.493 e. The topological polar surface area (TPSA) is 98.5 Å². The van der Waals surface area contributed by atoms with Gasteiger partial charge in [0.1, 0.15) is 5.75 Å². The van der Waals surface area contributed by atoms with Gasteiger partial charge < -0.3 is 16.2 Å². The van der Waals surface area contributed by atoms with E-state index in [9.17, 15) is 0 Å². The number of thioether (sulfide) groups is 1. The number of nitrogens with two attached hydrogens (primary N) is 2. The van der Waals surface area contributed by atoms with Gasteiger partial charge in [-0.2, -0.15) is 21.8 Å². The van der Waals surface area contributed by atoms with E-state index >= 15 is 0 Å². The molecule has 0 aliphatic carbocycles. The number of ether oxygens (including phenoxy) is 1. The van der Waals surface area contributed by atoms with Crippen LogP contribution in [0.2, 0.25) is 10.0 Å². The summed E-state index contributed by atoms with van der Waals surface area (Å²) in [6.07, 6.45) is 2.29. The fourth-order valence-electron chi connectivity index (χ4n) is 2.83. The normalized spacial score (nSPS) is 18.5. The molecule has 150 valence electrons. The molecule has 27 heavy (non-hydrogen) atoms. The highest BCUT2D eigenvalue weighted by atomic mass is 35.5. The van der Waals surface area contributed by atoms with Crippen molar-refractivity contribution in [2.75, 3.05) is 24.7 Å². The zero-order valence-electron chi connectivity index (χ0n) is 14.6. The number of hydrogen-bond acceptors (Lipinski definition) is 8. The predicted octanol–water partition coefficient (Wildman–Crippen LogP) is 3.28. The van der Waals surface area contributed by atoms with Gasteiger partial charge in [-0.25, -0.2) is 4.99 Å². The Morgan fingerprint density at radius 1 is 1.15 bits per heavy atom. The van der Waals surface area contributed by atoms with Crippen LogP contribution in [0.3, 0.4) is 0 Å². The van der Waals surface area contributed by atoms with Crippen molar-refractivity contribution in [1.82, 2.24) is 5.06 Å². The number of hydrogen-bond donors (Lipinski definition) is 2. The lowest BCUT2D eigenvalue weighted by atomic mass is 10.0. The van der Waals surface area contributed by atoms with Crippen molar-refractivity contribution in [3.8, 4) is 5.75 Å². The minimum absolute atomic E-state index is 0. The Hall–Kier alpha value is -1.06. The average molecular weight is 455 g/mol. The maximum absolute atomic E-state index is 6.04. The monoisotopic (exact) mass is 453 g/mol. The van der Waals surface area contributed by atoms with Crippen molar-refractivity contribution in [2.24, 2.45) is 21.5 Å². The molecular weight excluding hydrogens is 433 g/mol. The number of guanidine groups is 2. The number of rotatable bonds is 6. The molecule has 11 heteroatoms. The Labute approximate surface area is 178 Å². The first kappa shape index (κ1) is 22.2. The van der Waals surface area contributed by atoms with E-state index in [4.69, 9.17) is 44.2 Å². The van der Waals surface area contributed by atoms with Gasteiger partial charge in [0.05, 0.1) is 23.3 Å². The Morgan fingerprint density at radius 3 is 2.59 bits per heavy atom. The maximum atomic E-state index is 6.04. The van der Waals surface area contributed by atoms with Crippen molar-refractivity contribution >= 4 is 59.3 Å². The average Bonchev–Trinajstić information content (AvgIpc) is 2.60. The summed E-state index contributed by atoms with van der Waals surface area (Å²) in [5.74, 6) is 3.07. The second kappa shape index (κ2) is 9.93. The summed E-state index contributed by atoms with van der Waals surface area (Å²) >= 11 is 13.7. The number of halogens is 3. The summed E-state index contributed by atoms with van der Waals surface area (Å²) in [6, 6.07) is 5.16. The van der Waals surface area contributed by atoms with E-state index < -0.39 is 5.66 Å². The lowest BCUT2D eigenvalue weighted by molar-refractivity contribution is -0.171. The van der Waals surface area contributed by atoms with Crippen LogP contribution in [-0.4, -0.2) is 47.4 Å². The lowest BCUT2D eigenvalue weighted by Gasteiger charge is -2.43. The van der Waals surface area contributed by atoms with Gasteiger partial charge in [-0.1, -0.05) is 23.2 Å². The summed E-state index contributed by atoms with van der Waals surface area (Å²) in [7, 11) is 0. The first-order chi connectivity index (χ1) is 12.5. The van der Waals surface area contributed by atoms with E-state index in [1.807, 2.05) is 11.8 Å². The Morgan fingerprint density at radius 2 is 1.89 bits per heavy atom. The van der Waals surface area contributed by atoms with Crippen LogP contribution in [0, 0.1) is 0 Å². The minimum Gasteiger partial charge on any atom is -0.493 e. The van der Waals surface area contributed by atoms with Crippen LogP contribution in [0.25, 0.3) is 0 Å². The van der Waals surface area contributed by atoms with Gasteiger partial charge >= 0.3 is 0 Å². The fraction of sp³-hybridized carbons (Fsp3) is 0.500. The van der Waals surface area contributed by atoms with Crippen LogP contribution in [0.1, 0.15) is 19.3 Å². The second-order valence-corrected chi connectivity index (χ2v) is 7.98. The number of benzene rings is 1. The fourth-order valence-corrected chi connectivity index (χ4v) is 4.27. The highest BCUT2D eigenvalue weighted by Crippen LogP contribution is 2.35. The zero-order valence-corrected chi connectivity index (χ0v) is 17.7. The molecule has 2 aliphatic rings. The molecule has 1 spiro atoms. The van der Waals surface area contributed by atoms with Gasteiger partial charge in [0, 0.05) is 25.3 Å². The molecule has 0 bridgehead atoms. The highest BCUT2D eigenvalue weighted by molar-refractivity contribution is 7.99. The maximum Gasteiger partial charge on any atom is 0.226 e. The van der Waals surface area contributed by atoms with Crippen LogP contribution >= 0.6 is 47.4 Å². The predicted molar refractivity (Wildman–Crippen MR) is 114 cm³/mol. The van der Waals surface area contributed by atoms with Crippen LogP contribution in [0.15, 0.2) is 28.2 Å². The number of aliphatic imine (C=N–C) groups is 2. The number of hydroxylamine groups is 2. The third-order valence-corrected chi connectivity index (χ3v) is 5.82. The van der Waals surface area contributed by atoms with Crippen molar-refractivity contribution < 1.29 is 9.57 Å². The van der Waals surface area contributed by atoms with E-state index in [0.717, 1.165) is 24.3 Å². The quantitative estimate of drug-likeness (QED) is 0.640. The van der Waals surface area contributed by atoms with E-state index in [0.29, 0.717) is 35.4 Å². The smallest absolute Gasteiger partial charge is 0.226 e. The zero-order chi connectivity index (χ0) is 18.6. The van der Waals surface area contributed by atoms with Gasteiger partial charge in [0.15, 0.2) is 5.66 Å².